The number of thioether (sulfide) groups is 1. The molecule has 1 N–H and O–H groups in total. The number of imide groups is 1. The Kier molecular flexibility index (Phi) is 6.53. The van der Waals surface area contributed by atoms with Crippen LogP contribution in [-0.4, -0.2) is 46.7 Å². The highest BCUT2D eigenvalue weighted by Gasteiger charge is 2.36. The molecule has 0 bridgehead atoms. The van der Waals surface area contributed by atoms with Gasteiger partial charge >= 0.3 is 11.9 Å². The van der Waals surface area contributed by atoms with E-state index in [2.05, 4.69) is 4.74 Å². The smallest absolute Gasteiger partial charge is 0.335 e. The van der Waals surface area contributed by atoms with Gasteiger partial charge in [-0.15, -0.1) is 0 Å². The fraction of sp³-hybridized carbons (Fsp3) is 0.143. The quantitative estimate of drug-likeness (QED) is 0.530. The van der Waals surface area contributed by atoms with Crippen LogP contribution in [0.2, 0.25) is 0 Å². The van der Waals surface area contributed by atoms with Gasteiger partial charge in [-0.25, -0.2) is 4.79 Å². The van der Waals surface area contributed by atoms with E-state index in [0.717, 1.165) is 22.2 Å². The summed E-state index contributed by atoms with van der Waals surface area (Å²) in [6.07, 6.45) is 1.57. The second-order valence-corrected chi connectivity index (χ2v) is 7.20. The third-order valence-electron chi connectivity index (χ3n) is 4.17. The van der Waals surface area contributed by atoms with Crippen LogP contribution < -0.4 is 4.74 Å². The van der Waals surface area contributed by atoms with E-state index in [1.807, 2.05) is 0 Å². The van der Waals surface area contributed by atoms with Crippen LogP contribution in [0.5, 0.6) is 5.75 Å². The summed E-state index contributed by atoms with van der Waals surface area (Å²) in [6, 6.07) is 13.3. The minimum atomic E-state index is -0.985. The zero-order valence-corrected chi connectivity index (χ0v) is 16.7. The number of ether oxygens (including phenoxy) is 2. The topological polar surface area (TPSA) is 110 Å². The Morgan fingerprint density at radius 2 is 1.73 bits per heavy atom. The van der Waals surface area contributed by atoms with Crippen molar-refractivity contribution in [2.24, 2.45) is 0 Å². The third kappa shape index (κ3) is 5.06. The van der Waals surface area contributed by atoms with Gasteiger partial charge in [0.05, 0.1) is 17.6 Å². The lowest BCUT2D eigenvalue weighted by molar-refractivity contribution is -0.143. The average Bonchev–Trinajstić information content (AvgIpc) is 3.00. The zero-order valence-electron chi connectivity index (χ0n) is 15.9. The molecule has 0 atom stereocenters. The number of amides is 2. The van der Waals surface area contributed by atoms with Crippen LogP contribution in [0.3, 0.4) is 0 Å². The van der Waals surface area contributed by atoms with Crippen molar-refractivity contribution in [3.05, 3.63) is 70.1 Å². The first-order chi connectivity index (χ1) is 14.4. The molecule has 0 unspecified atom stereocenters. The fourth-order valence-corrected chi connectivity index (χ4v) is 3.39. The maximum Gasteiger partial charge on any atom is 0.335 e. The number of nitrogens with zero attached hydrogens (tertiary/aromatic N) is 1. The molecule has 3 rings (SSSR count). The second-order valence-electron chi connectivity index (χ2n) is 6.20. The van der Waals surface area contributed by atoms with Gasteiger partial charge in [0.2, 0.25) is 0 Å². The van der Waals surface area contributed by atoms with Crippen LogP contribution in [0, 0.1) is 0 Å². The number of benzene rings is 2. The van der Waals surface area contributed by atoms with Crippen molar-refractivity contribution in [3.8, 4) is 5.75 Å². The number of carbonyl (C=O) groups excluding carboxylic acids is 3. The molecule has 8 nitrogen and oxygen atoms in total. The van der Waals surface area contributed by atoms with Crippen molar-refractivity contribution in [1.29, 1.82) is 0 Å². The molecule has 1 aliphatic heterocycles. The molecule has 0 saturated carbocycles. The van der Waals surface area contributed by atoms with Crippen molar-refractivity contribution in [2.45, 2.75) is 6.61 Å². The average molecular weight is 427 g/mol. The van der Waals surface area contributed by atoms with E-state index < -0.39 is 29.6 Å². The van der Waals surface area contributed by atoms with Crippen LogP contribution in [0.15, 0.2) is 53.4 Å². The van der Waals surface area contributed by atoms with Crippen molar-refractivity contribution < 1.29 is 33.8 Å². The zero-order chi connectivity index (χ0) is 21.7. The number of rotatable bonds is 7. The Balaban J connectivity index is 1.61. The molecule has 1 heterocycles. The highest BCUT2D eigenvalue weighted by atomic mass is 32.2. The molecule has 30 heavy (non-hydrogen) atoms. The normalized spacial score (nSPS) is 14.8. The molecule has 1 saturated heterocycles. The Morgan fingerprint density at radius 3 is 2.33 bits per heavy atom. The number of carbonyl (C=O) groups is 4. The van der Waals surface area contributed by atoms with E-state index in [1.165, 1.54) is 19.2 Å². The lowest BCUT2D eigenvalue weighted by Gasteiger charge is -2.09. The van der Waals surface area contributed by atoms with Crippen LogP contribution in [0.4, 0.5) is 4.79 Å². The van der Waals surface area contributed by atoms with Gasteiger partial charge in [-0.1, -0.05) is 24.3 Å². The van der Waals surface area contributed by atoms with E-state index in [4.69, 9.17) is 9.84 Å². The Morgan fingerprint density at radius 1 is 1.07 bits per heavy atom. The van der Waals surface area contributed by atoms with Gasteiger partial charge in [-0.2, -0.15) is 0 Å². The van der Waals surface area contributed by atoms with E-state index in [1.54, 1.807) is 42.5 Å². The summed E-state index contributed by atoms with van der Waals surface area (Å²) in [4.78, 5) is 47.5. The number of carboxylic acids is 1. The molecule has 1 fully saturated rings. The fourth-order valence-electron chi connectivity index (χ4n) is 2.55. The van der Waals surface area contributed by atoms with Crippen molar-refractivity contribution >= 4 is 40.9 Å². The van der Waals surface area contributed by atoms with Gasteiger partial charge in [0, 0.05) is 0 Å². The van der Waals surface area contributed by atoms with Gasteiger partial charge in [0.25, 0.3) is 11.1 Å². The summed E-state index contributed by atoms with van der Waals surface area (Å²) < 4.78 is 10.2. The maximum absolute atomic E-state index is 12.3. The minimum Gasteiger partial charge on any atom is -0.489 e. The molecule has 0 aliphatic carbocycles. The Bertz CT molecular complexity index is 1010. The second kappa shape index (κ2) is 9.27. The van der Waals surface area contributed by atoms with Crippen molar-refractivity contribution in [1.82, 2.24) is 4.90 Å². The standard InChI is InChI=1S/C21H17NO7S/c1-28-18(23)11-22-19(24)17(30-21(22)27)10-13-4-8-16(9-5-13)29-12-14-2-6-15(7-3-14)20(25)26/h2-10H,11-12H2,1H3,(H,25,26). The molecule has 2 aromatic carbocycles. The maximum atomic E-state index is 12.3. The molecule has 0 aromatic heterocycles. The molecular weight excluding hydrogens is 410 g/mol. The number of esters is 1. The van der Waals surface area contributed by atoms with Gasteiger partial charge < -0.3 is 14.6 Å². The summed E-state index contributed by atoms with van der Waals surface area (Å²) in [7, 11) is 1.19. The number of methoxy groups -OCH3 is 1. The van der Waals surface area contributed by atoms with Gasteiger partial charge in [-0.05, 0) is 53.2 Å². The molecule has 9 heteroatoms. The first-order valence-corrected chi connectivity index (χ1v) is 9.56. The monoisotopic (exact) mass is 427 g/mol. The minimum absolute atomic E-state index is 0.208. The molecule has 154 valence electrons. The first-order valence-electron chi connectivity index (χ1n) is 8.74. The summed E-state index contributed by atoms with van der Waals surface area (Å²) in [5.74, 6) is -1.60. The van der Waals surface area contributed by atoms with Gasteiger partial charge in [0.1, 0.15) is 18.9 Å². The molecule has 2 amide bonds. The SMILES string of the molecule is COC(=O)CN1C(=O)SC(=Cc2ccc(OCc3ccc(C(=O)O)cc3)cc2)C1=O. The van der Waals surface area contributed by atoms with Crippen LogP contribution in [0.25, 0.3) is 6.08 Å². The highest BCUT2D eigenvalue weighted by Crippen LogP contribution is 2.32. The first kappa shape index (κ1) is 21.1. The summed E-state index contributed by atoms with van der Waals surface area (Å²) in [5.41, 5.74) is 1.72. The van der Waals surface area contributed by atoms with E-state index in [0.29, 0.717) is 11.3 Å². The van der Waals surface area contributed by atoms with E-state index in [-0.39, 0.29) is 17.1 Å². The summed E-state index contributed by atoms with van der Waals surface area (Å²) in [6.45, 7) is -0.148. The number of hydrogen-bond acceptors (Lipinski definition) is 7. The summed E-state index contributed by atoms with van der Waals surface area (Å²) >= 11 is 0.762. The van der Waals surface area contributed by atoms with Gasteiger partial charge in [0.15, 0.2) is 0 Å². The van der Waals surface area contributed by atoms with E-state index in [9.17, 15) is 19.2 Å². The largest absolute Gasteiger partial charge is 0.489 e. The lowest BCUT2D eigenvalue weighted by atomic mass is 10.1. The van der Waals surface area contributed by atoms with Crippen molar-refractivity contribution in [2.75, 3.05) is 13.7 Å². The number of carboxylic acid groups (broad SMARTS) is 1. The Hall–Kier alpha value is -3.59. The van der Waals surface area contributed by atoms with Crippen LogP contribution >= 0.6 is 11.8 Å². The molecular formula is C21H17NO7S. The van der Waals surface area contributed by atoms with Crippen LogP contribution in [-0.2, 0) is 20.9 Å². The molecule has 1 aliphatic rings. The highest BCUT2D eigenvalue weighted by molar-refractivity contribution is 8.18. The predicted octanol–water partition coefficient (Wildman–Crippen LogP) is 3.17. The molecule has 0 radical (unpaired) electrons. The van der Waals surface area contributed by atoms with Gasteiger partial charge in [-0.3, -0.25) is 19.3 Å². The third-order valence-corrected chi connectivity index (χ3v) is 5.08. The van der Waals surface area contributed by atoms with Crippen molar-refractivity contribution in [3.63, 3.8) is 0 Å². The predicted molar refractivity (Wildman–Crippen MR) is 109 cm³/mol. The Labute approximate surface area is 176 Å². The number of hydrogen-bond donors (Lipinski definition) is 1. The van der Waals surface area contributed by atoms with E-state index >= 15 is 0 Å². The summed E-state index contributed by atoms with van der Waals surface area (Å²) in [5, 5.41) is 8.38. The molecule has 2 aromatic rings. The lowest BCUT2D eigenvalue weighted by Crippen LogP contribution is -2.34. The molecule has 0 spiro atoms. The number of aromatic carboxylic acids is 1. The van der Waals surface area contributed by atoms with Crippen LogP contribution in [0.1, 0.15) is 21.5 Å².